The average Bonchev–Trinajstić information content (AvgIpc) is 3.06. The Balaban J connectivity index is 1.48. The molecule has 0 spiro atoms. The molecule has 0 saturated carbocycles. The maximum Gasteiger partial charge on any atom is 0.287 e. The lowest BCUT2D eigenvalue weighted by Gasteiger charge is -2.44. The van der Waals surface area contributed by atoms with E-state index in [4.69, 9.17) is 16.0 Å². The van der Waals surface area contributed by atoms with Gasteiger partial charge in [0.1, 0.15) is 10.9 Å². The van der Waals surface area contributed by atoms with Gasteiger partial charge in [-0.15, -0.1) is 0 Å². The number of furan rings is 1. The van der Waals surface area contributed by atoms with Crippen LogP contribution in [0.5, 0.6) is 0 Å². The third-order valence-electron chi connectivity index (χ3n) is 4.83. The first-order valence-corrected chi connectivity index (χ1v) is 8.32. The molecule has 120 valence electrons. The fourth-order valence-corrected chi connectivity index (χ4v) is 3.76. The van der Waals surface area contributed by atoms with E-state index in [1.54, 1.807) is 24.4 Å². The number of halogens is 1. The molecule has 0 aliphatic carbocycles. The predicted octanol–water partition coefficient (Wildman–Crippen LogP) is 2.82. The molecule has 2 bridgehead atoms. The average molecular weight is 332 g/mol. The van der Waals surface area contributed by atoms with Crippen LogP contribution in [-0.2, 0) is 0 Å². The van der Waals surface area contributed by atoms with E-state index < -0.39 is 0 Å². The summed E-state index contributed by atoms with van der Waals surface area (Å²) in [7, 11) is 0. The van der Waals surface area contributed by atoms with Crippen molar-refractivity contribution in [1.82, 2.24) is 15.2 Å². The molecule has 3 aliphatic rings. The SMILES string of the molecule is O=C(NC1CN2CCC1CC2)c1ccc(-c2cccnc2Cl)o1. The monoisotopic (exact) mass is 331 g/mol. The minimum absolute atomic E-state index is 0.157. The van der Waals surface area contributed by atoms with Crippen molar-refractivity contribution in [2.45, 2.75) is 18.9 Å². The first-order valence-electron chi connectivity index (χ1n) is 7.94. The highest BCUT2D eigenvalue weighted by Crippen LogP contribution is 2.29. The second-order valence-corrected chi connectivity index (χ2v) is 6.58. The highest BCUT2D eigenvalue weighted by atomic mass is 35.5. The number of piperidine rings is 3. The van der Waals surface area contributed by atoms with Gasteiger partial charge in [-0.05, 0) is 56.1 Å². The van der Waals surface area contributed by atoms with Crippen LogP contribution in [0.1, 0.15) is 23.4 Å². The van der Waals surface area contributed by atoms with Crippen LogP contribution in [0.15, 0.2) is 34.9 Å². The summed E-state index contributed by atoms with van der Waals surface area (Å²) >= 11 is 6.07. The minimum atomic E-state index is -0.157. The predicted molar refractivity (Wildman–Crippen MR) is 87.4 cm³/mol. The molecule has 0 radical (unpaired) electrons. The third-order valence-corrected chi connectivity index (χ3v) is 5.13. The number of pyridine rings is 1. The van der Waals surface area contributed by atoms with E-state index in [0.29, 0.717) is 28.2 Å². The summed E-state index contributed by atoms with van der Waals surface area (Å²) in [5.74, 6) is 1.31. The minimum Gasteiger partial charge on any atom is -0.451 e. The van der Waals surface area contributed by atoms with Crippen LogP contribution in [0, 0.1) is 5.92 Å². The highest BCUT2D eigenvalue weighted by molar-refractivity contribution is 6.31. The summed E-state index contributed by atoms with van der Waals surface area (Å²) in [5.41, 5.74) is 0.691. The van der Waals surface area contributed by atoms with E-state index >= 15 is 0 Å². The molecule has 2 aromatic rings. The molecular formula is C17H18ClN3O2. The molecule has 3 saturated heterocycles. The maximum atomic E-state index is 12.4. The molecule has 3 aliphatic heterocycles. The summed E-state index contributed by atoms with van der Waals surface area (Å²) in [6.07, 6.45) is 3.95. The number of hydrogen-bond donors (Lipinski definition) is 1. The summed E-state index contributed by atoms with van der Waals surface area (Å²) < 4.78 is 5.68. The molecule has 5 heterocycles. The third kappa shape index (κ3) is 2.86. The molecule has 1 unspecified atom stereocenters. The van der Waals surface area contributed by atoms with E-state index in [-0.39, 0.29) is 11.9 Å². The lowest BCUT2D eigenvalue weighted by molar-refractivity contribution is 0.0606. The van der Waals surface area contributed by atoms with Crippen molar-refractivity contribution in [3.63, 3.8) is 0 Å². The number of aromatic nitrogens is 1. The van der Waals surface area contributed by atoms with E-state index in [9.17, 15) is 4.79 Å². The molecule has 23 heavy (non-hydrogen) atoms. The first-order chi connectivity index (χ1) is 11.2. The Morgan fingerprint density at radius 1 is 1.30 bits per heavy atom. The molecule has 1 N–H and O–H groups in total. The van der Waals surface area contributed by atoms with Crippen molar-refractivity contribution in [3.05, 3.63) is 41.4 Å². The summed E-state index contributed by atoms with van der Waals surface area (Å²) in [6.45, 7) is 3.25. The van der Waals surface area contributed by atoms with Crippen LogP contribution in [0.25, 0.3) is 11.3 Å². The van der Waals surface area contributed by atoms with Crippen molar-refractivity contribution in [2.75, 3.05) is 19.6 Å². The van der Waals surface area contributed by atoms with Crippen LogP contribution >= 0.6 is 11.6 Å². The van der Waals surface area contributed by atoms with E-state index in [1.807, 2.05) is 6.07 Å². The van der Waals surface area contributed by atoms with Crippen molar-refractivity contribution in [1.29, 1.82) is 0 Å². The van der Waals surface area contributed by atoms with Gasteiger partial charge in [-0.1, -0.05) is 11.6 Å². The van der Waals surface area contributed by atoms with Crippen molar-refractivity contribution in [2.24, 2.45) is 5.92 Å². The number of carbonyl (C=O) groups is 1. The molecule has 1 amide bonds. The molecule has 1 atom stereocenters. The molecule has 3 fully saturated rings. The maximum absolute atomic E-state index is 12.4. The Morgan fingerprint density at radius 2 is 2.13 bits per heavy atom. The molecule has 2 aromatic heterocycles. The highest BCUT2D eigenvalue weighted by Gasteiger charge is 2.35. The van der Waals surface area contributed by atoms with E-state index in [2.05, 4.69) is 15.2 Å². The summed E-state index contributed by atoms with van der Waals surface area (Å²) in [5, 5.41) is 3.49. The number of hydrogen-bond acceptors (Lipinski definition) is 4. The standard InChI is InChI=1S/C17H18ClN3O2/c18-16-12(2-1-7-19-16)14-3-4-15(23-14)17(22)20-13-10-21-8-5-11(13)6-9-21/h1-4,7,11,13H,5-6,8-10H2,(H,20,22). The van der Waals surface area contributed by atoms with Gasteiger partial charge in [0.25, 0.3) is 5.91 Å². The zero-order chi connectivity index (χ0) is 15.8. The number of nitrogens with one attached hydrogen (secondary N) is 1. The second kappa shape index (κ2) is 5.98. The smallest absolute Gasteiger partial charge is 0.287 e. The van der Waals surface area contributed by atoms with Gasteiger partial charge in [0, 0.05) is 18.8 Å². The fraction of sp³-hybridized carbons (Fsp3) is 0.412. The van der Waals surface area contributed by atoms with Crippen LogP contribution in [0.2, 0.25) is 5.15 Å². The molecule has 5 nitrogen and oxygen atoms in total. The second-order valence-electron chi connectivity index (χ2n) is 6.22. The number of fused-ring (bicyclic) bond motifs is 3. The Labute approximate surface area is 139 Å². The lowest BCUT2D eigenvalue weighted by Crippen LogP contribution is -2.57. The van der Waals surface area contributed by atoms with Crippen LogP contribution in [0.3, 0.4) is 0 Å². The first kappa shape index (κ1) is 14.7. The van der Waals surface area contributed by atoms with Crippen molar-refractivity contribution in [3.8, 4) is 11.3 Å². The summed E-state index contributed by atoms with van der Waals surface area (Å²) in [6, 6.07) is 7.28. The number of amides is 1. The van der Waals surface area contributed by atoms with Crippen molar-refractivity contribution >= 4 is 17.5 Å². The van der Waals surface area contributed by atoms with Gasteiger partial charge in [-0.2, -0.15) is 0 Å². The van der Waals surface area contributed by atoms with Gasteiger partial charge in [0.15, 0.2) is 5.76 Å². The molecule has 6 heteroatoms. The fourth-order valence-electron chi connectivity index (χ4n) is 3.54. The summed E-state index contributed by atoms with van der Waals surface area (Å²) in [4.78, 5) is 18.9. The van der Waals surface area contributed by atoms with Gasteiger partial charge in [0.05, 0.1) is 5.56 Å². The topological polar surface area (TPSA) is 58.4 Å². The van der Waals surface area contributed by atoms with Gasteiger partial charge >= 0.3 is 0 Å². The Kier molecular flexibility index (Phi) is 3.83. The van der Waals surface area contributed by atoms with Gasteiger partial charge in [0.2, 0.25) is 0 Å². The van der Waals surface area contributed by atoms with Gasteiger partial charge in [-0.25, -0.2) is 4.98 Å². The molecule has 5 rings (SSSR count). The van der Waals surface area contributed by atoms with Crippen LogP contribution < -0.4 is 5.32 Å². The van der Waals surface area contributed by atoms with Gasteiger partial charge < -0.3 is 14.6 Å². The molecule has 0 aromatic carbocycles. The Morgan fingerprint density at radius 3 is 2.83 bits per heavy atom. The van der Waals surface area contributed by atoms with E-state index in [0.717, 1.165) is 19.6 Å². The zero-order valence-corrected chi connectivity index (χ0v) is 13.4. The van der Waals surface area contributed by atoms with E-state index in [1.165, 1.54) is 12.8 Å². The quantitative estimate of drug-likeness (QED) is 0.879. The Hall–Kier alpha value is -1.85. The molecular weight excluding hydrogens is 314 g/mol. The zero-order valence-electron chi connectivity index (χ0n) is 12.7. The Bertz CT molecular complexity index is 722. The van der Waals surface area contributed by atoms with Crippen LogP contribution in [-0.4, -0.2) is 41.5 Å². The largest absolute Gasteiger partial charge is 0.451 e. The lowest BCUT2D eigenvalue weighted by atomic mass is 9.84. The van der Waals surface area contributed by atoms with Crippen LogP contribution in [0.4, 0.5) is 0 Å². The van der Waals surface area contributed by atoms with Gasteiger partial charge in [-0.3, -0.25) is 4.79 Å². The number of carbonyl (C=O) groups excluding carboxylic acids is 1. The normalized spacial score (nSPS) is 26.2. The number of nitrogens with zero attached hydrogens (tertiary/aromatic N) is 2. The van der Waals surface area contributed by atoms with Crippen molar-refractivity contribution < 1.29 is 9.21 Å². The number of rotatable bonds is 3.